The van der Waals surface area contributed by atoms with Gasteiger partial charge >= 0.3 is 0 Å². The summed E-state index contributed by atoms with van der Waals surface area (Å²) < 4.78 is 1.58. The molecule has 0 aliphatic rings. The number of hydrogen-bond acceptors (Lipinski definition) is 4. The van der Waals surface area contributed by atoms with Crippen molar-refractivity contribution in [3.05, 3.63) is 81.5 Å². The summed E-state index contributed by atoms with van der Waals surface area (Å²) in [5.41, 5.74) is 5.09. The summed E-state index contributed by atoms with van der Waals surface area (Å²) >= 11 is 1.49. The van der Waals surface area contributed by atoms with Crippen LogP contribution in [0, 0.1) is 18.3 Å². The van der Waals surface area contributed by atoms with Crippen molar-refractivity contribution in [1.29, 1.82) is 5.26 Å². The van der Waals surface area contributed by atoms with Crippen molar-refractivity contribution >= 4 is 28.0 Å². The Morgan fingerprint density at radius 3 is 2.64 bits per heavy atom. The number of nitrogens with zero attached hydrogens (tertiary/aromatic N) is 3. The van der Waals surface area contributed by atoms with Crippen LogP contribution in [-0.4, -0.2) is 14.4 Å². The van der Waals surface area contributed by atoms with Gasteiger partial charge in [0.2, 0.25) is 0 Å². The summed E-state index contributed by atoms with van der Waals surface area (Å²) in [6, 6.07) is 19.7. The maximum absolute atomic E-state index is 13.4. The smallest absolute Gasteiger partial charge is 0.266 e. The lowest BCUT2D eigenvalue weighted by atomic mass is 10.0. The molecule has 6 heteroatoms. The number of fused-ring (bicyclic) bond motifs is 3. The van der Waals surface area contributed by atoms with Gasteiger partial charge in [-0.3, -0.25) is 9.20 Å². The average Bonchev–Trinajstić information content (AvgIpc) is 3.34. The minimum Gasteiger partial charge on any atom is -0.338 e. The molecule has 0 amide bonds. The van der Waals surface area contributed by atoms with Gasteiger partial charge in [-0.2, -0.15) is 5.26 Å². The first-order valence-electron chi connectivity index (χ1n) is 8.76. The van der Waals surface area contributed by atoms with Crippen molar-refractivity contribution < 1.29 is 0 Å². The molecular formula is C22H14N4OS. The number of hydrogen-bond donors (Lipinski definition) is 1. The third-order valence-corrected chi connectivity index (χ3v) is 5.81. The van der Waals surface area contributed by atoms with Crippen molar-refractivity contribution in [2.75, 3.05) is 0 Å². The predicted octanol–water partition coefficient (Wildman–Crippen LogP) is 4.75. The summed E-state index contributed by atoms with van der Waals surface area (Å²) in [6.07, 6.45) is 0. The van der Waals surface area contributed by atoms with Crippen LogP contribution in [-0.2, 0) is 0 Å². The van der Waals surface area contributed by atoms with E-state index in [1.807, 2.05) is 66.9 Å². The van der Waals surface area contributed by atoms with E-state index in [4.69, 9.17) is 4.98 Å². The maximum atomic E-state index is 13.4. The van der Waals surface area contributed by atoms with Crippen LogP contribution in [0.2, 0.25) is 0 Å². The van der Waals surface area contributed by atoms with E-state index in [2.05, 4.69) is 11.1 Å². The highest BCUT2D eigenvalue weighted by Crippen LogP contribution is 2.31. The van der Waals surface area contributed by atoms with Gasteiger partial charge in [-0.25, -0.2) is 4.98 Å². The fourth-order valence-electron chi connectivity index (χ4n) is 3.58. The summed E-state index contributed by atoms with van der Waals surface area (Å²) in [6.45, 7) is 1.81. The first-order chi connectivity index (χ1) is 13.7. The van der Waals surface area contributed by atoms with E-state index in [0.29, 0.717) is 28.0 Å². The minimum absolute atomic E-state index is 0.172. The molecule has 3 aromatic heterocycles. The van der Waals surface area contributed by atoms with Crippen molar-refractivity contribution in [2.45, 2.75) is 6.92 Å². The summed E-state index contributed by atoms with van der Waals surface area (Å²) in [5.74, 6) is 0. The first kappa shape index (κ1) is 16.5. The van der Waals surface area contributed by atoms with Gasteiger partial charge in [0.1, 0.15) is 16.7 Å². The fourth-order valence-corrected chi connectivity index (χ4v) is 4.40. The van der Waals surface area contributed by atoms with Crippen LogP contribution in [0.1, 0.15) is 11.1 Å². The zero-order valence-corrected chi connectivity index (χ0v) is 15.7. The highest BCUT2D eigenvalue weighted by molar-refractivity contribution is 7.13. The molecule has 0 unspecified atom stereocenters. The van der Waals surface area contributed by atoms with Gasteiger partial charge in [-0.15, -0.1) is 11.3 Å². The molecule has 5 aromatic rings. The van der Waals surface area contributed by atoms with Gasteiger partial charge in [-0.1, -0.05) is 42.5 Å². The molecule has 3 heterocycles. The van der Waals surface area contributed by atoms with Gasteiger partial charge in [0.25, 0.3) is 5.56 Å². The molecule has 5 nitrogen and oxygen atoms in total. The quantitative estimate of drug-likeness (QED) is 0.479. The number of nitrogens with one attached hydrogen (secondary N) is 1. The number of rotatable bonds is 2. The molecule has 5 rings (SSSR count). The molecule has 0 spiro atoms. The monoisotopic (exact) mass is 382 g/mol. The Labute approximate surface area is 164 Å². The van der Waals surface area contributed by atoms with Crippen LogP contribution >= 0.6 is 11.3 Å². The normalized spacial score (nSPS) is 11.1. The Hall–Kier alpha value is -3.69. The van der Waals surface area contributed by atoms with Crippen molar-refractivity contribution in [3.8, 4) is 27.9 Å². The minimum atomic E-state index is -0.172. The molecule has 0 atom stereocenters. The van der Waals surface area contributed by atoms with Crippen LogP contribution in [0.5, 0.6) is 0 Å². The van der Waals surface area contributed by atoms with E-state index in [-0.39, 0.29) is 5.56 Å². The third-order valence-electron chi connectivity index (χ3n) is 4.92. The molecule has 0 radical (unpaired) electrons. The first-order valence-corrected chi connectivity index (χ1v) is 9.64. The Bertz CT molecular complexity index is 1450. The SMILES string of the molecule is Cc1c(-c2csc(-c3ccccc3)n2)c(=O)n2c([nH]c3ccccc32)c1C#N. The summed E-state index contributed by atoms with van der Waals surface area (Å²) in [5, 5.41) is 12.5. The largest absolute Gasteiger partial charge is 0.338 e. The van der Waals surface area contributed by atoms with Gasteiger partial charge in [0.05, 0.1) is 27.9 Å². The number of aromatic amines is 1. The molecule has 2 aromatic carbocycles. The molecule has 1 N–H and O–H groups in total. The lowest BCUT2D eigenvalue weighted by Gasteiger charge is -2.07. The number of para-hydroxylation sites is 2. The average molecular weight is 382 g/mol. The van der Waals surface area contributed by atoms with E-state index in [1.54, 1.807) is 4.40 Å². The zero-order chi connectivity index (χ0) is 19.3. The van der Waals surface area contributed by atoms with Crippen LogP contribution in [0.25, 0.3) is 38.5 Å². The summed E-state index contributed by atoms with van der Waals surface area (Å²) in [7, 11) is 0. The van der Waals surface area contributed by atoms with Crippen LogP contribution < -0.4 is 5.56 Å². The van der Waals surface area contributed by atoms with Crippen LogP contribution in [0.15, 0.2) is 64.8 Å². The van der Waals surface area contributed by atoms with Crippen LogP contribution in [0.4, 0.5) is 0 Å². The Kier molecular flexibility index (Phi) is 3.64. The fraction of sp³-hybridized carbons (Fsp3) is 0.0455. The molecule has 0 aliphatic carbocycles. The third kappa shape index (κ3) is 2.30. The molecule has 0 aliphatic heterocycles. The number of imidazole rings is 1. The predicted molar refractivity (Wildman–Crippen MR) is 112 cm³/mol. The zero-order valence-electron chi connectivity index (χ0n) is 14.9. The maximum Gasteiger partial charge on any atom is 0.266 e. The number of benzene rings is 2. The second-order valence-electron chi connectivity index (χ2n) is 6.52. The number of nitriles is 1. The second-order valence-corrected chi connectivity index (χ2v) is 7.38. The van der Waals surface area contributed by atoms with E-state index in [9.17, 15) is 10.1 Å². The van der Waals surface area contributed by atoms with Crippen molar-refractivity contribution in [2.24, 2.45) is 0 Å². The number of H-pyrrole nitrogens is 1. The van der Waals surface area contributed by atoms with E-state index in [1.165, 1.54) is 11.3 Å². The van der Waals surface area contributed by atoms with E-state index >= 15 is 0 Å². The highest BCUT2D eigenvalue weighted by atomic mass is 32.1. The Morgan fingerprint density at radius 1 is 1.11 bits per heavy atom. The topological polar surface area (TPSA) is 74.0 Å². The lowest BCUT2D eigenvalue weighted by molar-refractivity contribution is 1.12. The molecule has 0 saturated carbocycles. The molecule has 0 saturated heterocycles. The van der Waals surface area contributed by atoms with Crippen molar-refractivity contribution in [3.63, 3.8) is 0 Å². The van der Waals surface area contributed by atoms with Gasteiger partial charge in [-0.05, 0) is 24.6 Å². The summed E-state index contributed by atoms with van der Waals surface area (Å²) in [4.78, 5) is 21.4. The van der Waals surface area contributed by atoms with Crippen molar-refractivity contribution in [1.82, 2.24) is 14.4 Å². The standard InChI is InChI=1S/C22H14N4OS/c1-13-15(11-23)20-24-16-9-5-6-10-18(16)26(20)22(27)19(13)17-12-28-21(25-17)14-7-3-2-4-8-14/h2-10,12,24H,1H3. The molecule has 0 bridgehead atoms. The van der Waals surface area contributed by atoms with Gasteiger partial charge in [0, 0.05) is 10.9 Å². The van der Waals surface area contributed by atoms with Gasteiger partial charge in [0.15, 0.2) is 0 Å². The van der Waals surface area contributed by atoms with Crippen LogP contribution in [0.3, 0.4) is 0 Å². The Balaban J connectivity index is 1.84. The highest BCUT2D eigenvalue weighted by Gasteiger charge is 2.21. The van der Waals surface area contributed by atoms with Gasteiger partial charge < -0.3 is 4.98 Å². The second kappa shape index (κ2) is 6.19. The molecular weight excluding hydrogens is 368 g/mol. The Morgan fingerprint density at radius 2 is 1.86 bits per heavy atom. The lowest BCUT2D eigenvalue weighted by Crippen LogP contribution is -2.18. The van der Waals surface area contributed by atoms with E-state index < -0.39 is 0 Å². The molecule has 134 valence electrons. The number of thiazole rings is 1. The van der Waals surface area contributed by atoms with E-state index in [0.717, 1.165) is 21.6 Å². The number of pyridine rings is 1. The molecule has 0 fully saturated rings. The number of aromatic nitrogens is 3. The molecule has 28 heavy (non-hydrogen) atoms.